The highest BCUT2D eigenvalue weighted by molar-refractivity contribution is 5.68. The molecule has 1 aliphatic carbocycles. The van der Waals surface area contributed by atoms with Crippen molar-refractivity contribution in [2.24, 2.45) is 0 Å². The van der Waals surface area contributed by atoms with Crippen LogP contribution in [0.1, 0.15) is 33.9 Å². The average molecular weight is 484 g/mol. The normalized spacial score (nSPS) is 23.3. The Kier molecular flexibility index (Phi) is 4.84. The number of hydrogen-bond donors (Lipinski definition) is 2. The Morgan fingerprint density at radius 2 is 1.64 bits per heavy atom. The van der Waals surface area contributed by atoms with Gasteiger partial charge in [-0.05, 0) is 17.7 Å². The summed E-state index contributed by atoms with van der Waals surface area (Å²) < 4.78 is 23.6. The third-order valence-electron chi connectivity index (χ3n) is 7.21. The van der Waals surface area contributed by atoms with Crippen molar-refractivity contribution < 1.29 is 24.1 Å². The maximum Gasteiger partial charge on any atom is 0.220 e. The van der Waals surface area contributed by atoms with Gasteiger partial charge in [0.25, 0.3) is 0 Å². The van der Waals surface area contributed by atoms with E-state index in [4.69, 9.17) is 24.7 Å². The van der Waals surface area contributed by atoms with Crippen molar-refractivity contribution in [2.75, 3.05) is 27.1 Å². The topological polar surface area (TPSA) is 109 Å². The van der Waals surface area contributed by atoms with Gasteiger partial charge in [-0.25, -0.2) is 9.97 Å². The lowest BCUT2D eigenvalue weighted by molar-refractivity contribution is -0.0909. The van der Waals surface area contributed by atoms with Crippen LogP contribution in [-0.2, 0) is 11.2 Å². The maximum absolute atomic E-state index is 13.0. The number of fused-ring (bicyclic) bond motifs is 5. The number of nitrogens with two attached hydrogens (primary N) is 1. The zero-order valence-electron chi connectivity index (χ0n) is 20.1. The lowest BCUT2D eigenvalue weighted by atomic mass is 9.70. The van der Waals surface area contributed by atoms with Gasteiger partial charge in [0.2, 0.25) is 5.95 Å². The second kappa shape index (κ2) is 7.86. The van der Waals surface area contributed by atoms with E-state index < -0.39 is 17.1 Å². The van der Waals surface area contributed by atoms with E-state index in [-0.39, 0.29) is 5.95 Å². The Hall–Kier alpha value is -4.30. The minimum Gasteiger partial charge on any atom is -0.497 e. The first-order valence-electron chi connectivity index (χ1n) is 11.5. The van der Waals surface area contributed by atoms with Crippen LogP contribution in [0.5, 0.6) is 23.0 Å². The molecule has 36 heavy (non-hydrogen) atoms. The lowest BCUT2D eigenvalue weighted by Crippen LogP contribution is -2.49. The molecular weight excluding hydrogens is 458 g/mol. The van der Waals surface area contributed by atoms with Crippen molar-refractivity contribution in [2.45, 2.75) is 17.1 Å². The fourth-order valence-electron chi connectivity index (χ4n) is 5.73. The molecular formula is C28H25N3O5. The van der Waals surface area contributed by atoms with E-state index in [0.717, 1.165) is 16.7 Å². The van der Waals surface area contributed by atoms with Crippen molar-refractivity contribution in [1.82, 2.24) is 9.97 Å². The van der Waals surface area contributed by atoms with E-state index in [1.165, 1.54) is 0 Å². The summed E-state index contributed by atoms with van der Waals surface area (Å²) in [6, 6.07) is 20.8. The molecule has 4 aromatic rings. The summed E-state index contributed by atoms with van der Waals surface area (Å²) in [5.41, 5.74) is 6.17. The van der Waals surface area contributed by atoms with Crippen molar-refractivity contribution in [3.8, 4) is 23.0 Å². The number of ether oxygens (including phenoxy) is 4. The summed E-state index contributed by atoms with van der Waals surface area (Å²) in [6.45, 7) is 0. The number of nitrogen functional groups attached to an aromatic ring is 1. The van der Waals surface area contributed by atoms with Crippen LogP contribution in [0.25, 0.3) is 0 Å². The van der Waals surface area contributed by atoms with Crippen molar-refractivity contribution in [1.29, 1.82) is 0 Å². The summed E-state index contributed by atoms with van der Waals surface area (Å²) in [5, 5.41) is 13.0. The van der Waals surface area contributed by atoms with Gasteiger partial charge >= 0.3 is 0 Å². The highest BCUT2D eigenvalue weighted by Crippen LogP contribution is 2.69. The van der Waals surface area contributed by atoms with Crippen LogP contribution >= 0.6 is 0 Å². The Morgan fingerprint density at radius 1 is 0.917 bits per heavy atom. The van der Waals surface area contributed by atoms with Gasteiger partial charge in [0, 0.05) is 29.5 Å². The standard InChI is InChI=1S/C28H25N3O5/c1-33-18-11-9-17(10-12-18)28-23(16-7-5-4-6-8-16)20-15-30-26(29)31-25(20)27(28,32)24-21(35-3)13-19(34-2)14-22(24)36-28/h4-15,23,32H,1-3H3,(H2,29,30,31)/t23?,27-,28?/m0/s1. The minimum atomic E-state index is -1.76. The molecule has 0 bridgehead atoms. The van der Waals surface area contributed by atoms with Crippen LogP contribution < -0.4 is 24.7 Å². The molecule has 1 aromatic heterocycles. The van der Waals surface area contributed by atoms with E-state index in [1.54, 1.807) is 39.7 Å². The van der Waals surface area contributed by atoms with Crippen LogP contribution in [0.3, 0.4) is 0 Å². The van der Waals surface area contributed by atoms with Crippen LogP contribution in [0.4, 0.5) is 5.95 Å². The van der Waals surface area contributed by atoms with Crippen LogP contribution in [-0.4, -0.2) is 36.4 Å². The minimum absolute atomic E-state index is 0.0560. The second-order valence-corrected chi connectivity index (χ2v) is 8.86. The predicted molar refractivity (Wildman–Crippen MR) is 133 cm³/mol. The van der Waals surface area contributed by atoms with E-state index in [0.29, 0.717) is 34.3 Å². The molecule has 8 nitrogen and oxygen atoms in total. The molecule has 182 valence electrons. The van der Waals surface area contributed by atoms with Crippen LogP contribution in [0.15, 0.2) is 72.9 Å². The smallest absolute Gasteiger partial charge is 0.220 e. The zero-order chi connectivity index (χ0) is 25.1. The van der Waals surface area contributed by atoms with Gasteiger partial charge in [-0.1, -0.05) is 42.5 Å². The van der Waals surface area contributed by atoms with E-state index >= 15 is 0 Å². The maximum atomic E-state index is 13.0. The monoisotopic (exact) mass is 483 g/mol. The molecule has 3 atom stereocenters. The molecule has 0 saturated heterocycles. The zero-order valence-corrected chi connectivity index (χ0v) is 20.1. The molecule has 0 amide bonds. The number of methoxy groups -OCH3 is 3. The molecule has 8 heteroatoms. The summed E-state index contributed by atoms with van der Waals surface area (Å²) >= 11 is 0. The van der Waals surface area contributed by atoms with Gasteiger partial charge in [-0.2, -0.15) is 0 Å². The largest absolute Gasteiger partial charge is 0.497 e. The van der Waals surface area contributed by atoms with Crippen molar-refractivity contribution >= 4 is 5.95 Å². The first-order chi connectivity index (χ1) is 17.5. The number of hydrogen-bond acceptors (Lipinski definition) is 8. The molecule has 2 unspecified atom stereocenters. The summed E-state index contributed by atoms with van der Waals surface area (Å²) in [4.78, 5) is 8.88. The van der Waals surface area contributed by atoms with Crippen LogP contribution in [0, 0.1) is 0 Å². The molecule has 2 aliphatic rings. The molecule has 1 aliphatic heterocycles. The van der Waals surface area contributed by atoms with Gasteiger partial charge in [-0.15, -0.1) is 0 Å². The summed E-state index contributed by atoms with van der Waals surface area (Å²) in [6.07, 6.45) is 1.68. The fourth-order valence-corrected chi connectivity index (χ4v) is 5.73. The second-order valence-electron chi connectivity index (χ2n) is 8.86. The van der Waals surface area contributed by atoms with Crippen LogP contribution in [0.2, 0.25) is 0 Å². The third-order valence-corrected chi connectivity index (χ3v) is 7.21. The predicted octanol–water partition coefficient (Wildman–Crippen LogP) is 3.75. The Morgan fingerprint density at radius 3 is 2.31 bits per heavy atom. The number of benzene rings is 3. The quantitative estimate of drug-likeness (QED) is 0.442. The molecule has 0 spiro atoms. The van der Waals surface area contributed by atoms with Crippen molar-refractivity contribution in [3.05, 3.63) is 101 Å². The molecule has 0 fully saturated rings. The van der Waals surface area contributed by atoms with Crippen molar-refractivity contribution in [3.63, 3.8) is 0 Å². The Balaban J connectivity index is 1.75. The first kappa shape index (κ1) is 22.2. The number of anilines is 1. The molecule has 3 aromatic carbocycles. The summed E-state index contributed by atoms with van der Waals surface area (Å²) in [7, 11) is 4.73. The Bertz CT molecular complexity index is 1460. The highest BCUT2D eigenvalue weighted by Gasteiger charge is 2.73. The molecule has 0 radical (unpaired) electrons. The number of rotatable bonds is 5. The van der Waals surface area contributed by atoms with Gasteiger partial charge in [0.15, 0.2) is 11.2 Å². The van der Waals surface area contributed by atoms with Gasteiger partial charge in [0.1, 0.15) is 23.0 Å². The number of nitrogens with zero attached hydrogens (tertiary/aromatic N) is 2. The highest BCUT2D eigenvalue weighted by atomic mass is 16.5. The molecule has 0 saturated carbocycles. The van der Waals surface area contributed by atoms with E-state index in [1.807, 2.05) is 54.6 Å². The van der Waals surface area contributed by atoms with E-state index in [2.05, 4.69) is 9.97 Å². The van der Waals surface area contributed by atoms with E-state index in [9.17, 15) is 5.11 Å². The van der Waals surface area contributed by atoms with Gasteiger partial charge in [-0.3, -0.25) is 0 Å². The van der Waals surface area contributed by atoms with Gasteiger partial charge < -0.3 is 29.8 Å². The summed E-state index contributed by atoms with van der Waals surface area (Å²) in [5.74, 6) is 1.66. The fraction of sp³-hybridized carbons (Fsp3) is 0.214. The lowest BCUT2D eigenvalue weighted by Gasteiger charge is -2.40. The first-order valence-corrected chi connectivity index (χ1v) is 11.5. The molecule has 3 N–H and O–H groups in total. The Labute approximate surface area is 208 Å². The number of aliphatic hydroxyl groups is 1. The average Bonchev–Trinajstić information content (AvgIpc) is 3.30. The molecule has 6 rings (SSSR count). The molecule has 2 heterocycles. The van der Waals surface area contributed by atoms with Gasteiger partial charge in [0.05, 0.1) is 38.5 Å². The third kappa shape index (κ3) is 2.73. The number of aromatic nitrogens is 2. The SMILES string of the molecule is COc1ccc(C23Oc4cc(OC)cc(OC)c4[C@]2(O)c2nc(N)ncc2C3c2ccccc2)cc1.